The summed E-state index contributed by atoms with van der Waals surface area (Å²) >= 11 is 0. The van der Waals surface area contributed by atoms with Gasteiger partial charge in [-0.25, -0.2) is 4.79 Å². The number of carboxylic acids is 1. The van der Waals surface area contributed by atoms with E-state index in [4.69, 9.17) is 9.84 Å². The third-order valence-corrected chi connectivity index (χ3v) is 2.16. The maximum atomic E-state index is 10.4. The monoisotopic (exact) mass is 144 g/mol. The quantitative estimate of drug-likeness (QED) is 0.590. The second-order valence-corrected chi connectivity index (χ2v) is 2.93. The van der Waals surface area contributed by atoms with Crippen LogP contribution in [0.5, 0.6) is 0 Å². The van der Waals surface area contributed by atoms with Crippen molar-refractivity contribution in [3.63, 3.8) is 0 Å². The van der Waals surface area contributed by atoms with Gasteiger partial charge in [0.2, 0.25) is 0 Å². The van der Waals surface area contributed by atoms with E-state index >= 15 is 0 Å². The van der Waals surface area contributed by atoms with Crippen LogP contribution in [0.15, 0.2) is 0 Å². The molecule has 1 aliphatic rings. The zero-order valence-electron chi connectivity index (χ0n) is 6.20. The van der Waals surface area contributed by atoms with Gasteiger partial charge >= 0.3 is 5.97 Å². The molecule has 1 rings (SSSR count). The van der Waals surface area contributed by atoms with Crippen LogP contribution in [0, 0.1) is 11.8 Å². The van der Waals surface area contributed by atoms with Gasteiger partial charge in [-0.1, -0.05) is 13.8 Å². The predicted octanol–water partition coefficient (Wildman–Crippen LogP) is 0.742. The largest absolute Gasteiger partial charge is 0.479 e. The second kappa shape index (κ2) is 2.58. The van der Waals surface area contributed by atoms with Gasteiger partial charge in [-0.2, -0.15) is 0 Å². The number of carboxylic acid groups (broad SMARTS) is 1. The van der Waals surface area contributed by atoms with Gasteiger partial charge < -0.3 is 9.84 Å². The van der Waals surface area contributed by atoms with Crippen LogP contribution in [0.25, 0.3) is 0 Å². The highest BCUT2D eigenvalue weighted by Gasteiger charge is 2.35. The molecule has 0 aromatic rings. The van der Waals surface area contributed by atoms with Crippen molar-refractivity contribution in [1.82, 2.24) is 0 Å². The van der Waals surface area contributed by atoms with E-state index in [0.29, 0.717) is 12.5 Å². The fraction of sp³-hybridized carbons (Fsp3) is 0.857. The van der Waals surface area contributed by atoms with E-state index in [2.05, 4.69) is 0 Å². The molecule has 3 nitrogen and oxygen atoms in total. The lowest BCUT2D eigenvalue weighted by molar-refractivity contribution is -0.148. The SMILES string of the molecule is CC1COC(C(=O)O)C1C. The summed E-state index contributed by atoms with van der Waals surface area (Å²) in [4.78, 5) is 10.4. The number of ether oxygens (including phenoxy) is 1. The molecular formula is C7H12O3. The van der Waals surface area contributed by atoms with Gasteiger partial charge in [0, 0.05) is 0 Å². The van der Waals surface area contributed by atoms with E-state index in [-0.39, 0.29) is 5.92 Å². The lowest BCUT2D eigenvalue weighted by Crippen LogP contribution is -2.25. The van der Waals surface area contributed by atoms with Crippen LogP contribution in [0.2, 0.25) is 0 Å². The molecule has 1 heterocycles. The van der Waals surface area contributed by atoms with Crippen molar-refractivity contribution >= 4 is 5.97 Å². The summed E-state index contributed by atoms with van der Waals surface area (Å²) < 4.78 is 5.04. The third kappa shape index (κ3) is 1.14. The van der Waals surface area contributed by atoms with E-state index in [9.17, 15) is 4.79 Å². The Bertz CT molecular complexity index is 144. The van der Waals surface area contributed by atoms with Crippen molar-refractivity contribution in [3.8, 4) is 0 Å². The van der Waals surface area contributed by atoms with Crippen LogP contribution in [0.3, 0.4) is 0 Å². The minimum absolute atomic E-state index is 0.150. The average molecular weight is 144 g/mol. The maximum Gasteiger partial charge on any atom is 0.333 e. The van der Waals surface area contributed by atoms with E-state index < -0.39 is 12.1 Å². The molecule has 1 saturated heterocycles. The summed E-state index contributed by atoms with van der Waals surface area (Å²) in [5.74, 6) is -0.310. The Morgan fingerprint density at radius 3 is 2.40 bits per heavy atom. The molecule has 3 atom stereocenters. The molecule has 0 saturated carbocycles. The summed E-state index contributed by atoms with van der Waals surface area (Å²) in [6.07, 6.45) is -0.574. The zero-order valence-corrected chi connectivity index (χ0v) is 6.20. The molecule has 0 bridgehead atoms. The number of aliphatic carboxylic acids is 1. The fourth-order valence-corrected chi connectivity index (χ4v) is 1.15. The molecule has 10 heavy (non-hydrogen) atoms. The molecule has 0 amide bonds. The summed E-state index contributed by atoms with van der Waals surface area (Å²) in [7, 11) is 0. The molecule has 3 heteroatoms. The number of carbonyl (C=O) groups is 1. The zero-order chi connectivity index (χ0) is 7.72. The third-order valence-electron chi connectivity index (χ3n) is 2.16. The van der Waals surface area contributed by atoms with Crippen LogP contribution in [0.1, 0.15) is 13.8 Å². The molecule has 58 valence electrons. The first-order chi connectivity index (χ1) is 4.63. The standard InChI is InChI=1S/C7H12O3/c1-4-3-10-6(5(4)2)7(8)9/h4-6H,3H2,1-2H3,(H,8,9). The summed E-state index contributed by atoms with van der Waals surface area (Å²) in [6.45, 7) is 4.50. The average Bonchev–Trinajstić information content (AvgIpc) is 2.14. The predicted molar refractivity (Wildman–Crippen MR) is 35.7 cm³/mol. The van der Waals surface area contributed by atoms with Gasteiger partial charge in [0.15, 0.2) is 6.10 Å². The van der Waals surface area contributed by atoms with Crippen LogP contribution in [-0.2, 0) is 9.53 Å². The van der Waals surface area contributed by atoms with Crippen molar-refractivity contribution in [1.29, 1.82) is 0 Å². The van der Waals surface area contributed by atoms with Gasteiger partial charge in [0.1, 0.15) is 0 Å². The van der Waals surface area contributed by atoms with Crippen molar-refractivity contribution in [2.45, 2.75) is 20.0 Å². The van der Waals surface area contributed by atoms with E-state index in [1.165, 1.54) is 0 Å². The van der Waals surface area contributed by atoms with Crippen molar-refractivity contribution < 1.29 is 14.6 Å². The molecule has 0 aliphatic carbocycles. The lowest BCUT2D eigenvalue weighted by Gasteiger charge is -2.10. The Hall–Kier alpha value is -0.570. The van der Waals surface area contributed by atoms with Crippen LogP contribution in [-0.4, -0.2) is 23.8 Å². The molecule has 1 fully saturated rings. The Balaban J connectivity index is 2.57. The van der Waals surface area contributed by atoms with Gasteiger partial charge in [-0.3, -0.25) is 0 Å². The van der Waals surface area contributed by atoms with Crippen LogP contribution in [0.4, 0.5) is 0 Å². The highest BCUT2D eigenvalue weighted by atomic mass is 16.5. The lowest BCUT2D eigenvalue weighted by atomic mass is 9.95. The second-order valence-electron chi connectivity index (χ2n) is 2.93. The highest BCUT2D eigenvalue weighted by molar-refractivity contribution is 5.73. The smallest absolute Gasteiger partial charge is 0.333 e. The Morgan fingerprint density at radius 1 is 1.60 bits per heavy atom. The van der Waals surface area contributed by atoms with Gasteiger partial charge in [-0.15, -0.1) is 0 Å². The molecular weight excluding hydrogens is 132 g/mol. The van der Waals surface area contributed by atoms with E-state index in [1.54, 1.807) is 0 Å². The molecule has 1 N–H and O–H groups in total. The summed E-state index contributed by atoms with van der Waals surface area (Å²) in [5.41, 5.74) is 0. The van der Waals surface area contributed by atoms with Gasteiger partial charge in [0.25, 0.3) is 0 Å². The molecule has 0 spiro atoms. The topological polar surface area (TPSA) is 46.5 Å². The van der Waals surface area contributed by atoms with Gasteiger partial charge in [-0.05, 0) is 11.8 Å². The normalized spacial score (nSPS) is 40.0. The molecule has 3 unspecified atom stereocenters. The van der Waals surface area contributed by atoms with E-state index in [0.717, 1.165) is 0 Å². The first kappa shape index (κ1) is 7.54. The number of rotatable bonds is 1. The Morgan fingerprint density at radius 2 is 2.20 bits per heavy atom. The van der Waals surface area contributed by atoms with E-state index in [1.807, 2.05) is 13.8 Å². The Kier molecular flexibility index (Phi) is 1.94. The maximum absolute atomic E-state index is 10.4. The molecule has 1 aliphatic heterocycles. The molecule has 0 aromatic heterocycles. The minimum Gasteiger partial charge on any atom is -0.479 e. The Labute approximate surface area is 60.0 Å². The first-order valence-corrected chi connectivity index (χ1v) is 3.47. The number of hydrogen-bond acceptors (Lipinski definition) is 2. The minimum atomic E-state index is -0.836. The van der Waals surface area contributed by atoms with Crippen molar-refractivity contribution in [3.05, 3.63) is 0 Å². The number of hydrogen-bond donors (Lipinski definition) is 1. The van der Waals surface area contributed by atoms with Gasteiger partial charge in [0.05, 0.1) is 6.61 Å². The summed E-state index contributed by atoms with van der Waals surface area (Å²) in [5, 5.41) is 8.58. The van der Waals surface area contributed by atoms with Crippen LogP contribution < -0.4 is 0 Å². The fourth-order valence-electron chi connectivity index (χ4n) is 1.15. The highest BCUT2D eigenvalue weighted by Crippen LogP contribution is 2.25. The summed E-state index contributed by atoms with van der Waals surface area (Å²) in [6, 6.07) is 0. The van der Waals surface area contributed by atoms with Crippen LogP contribution >= 0.6 is 0 Å². The molecule has 0 aromatic carbocycles. The van der Waals surface area contributed by atoms with Crippen molar-refractivity contribution in [2.24, 2.45) is 11.8 Å². The van der Waals surface area contributed by atoms with Crippen molar-refractivity contribution in [2.75, 3.05) is 6.61 Å². The molecule has 0 radical (unpaired) electrons. The first-order valence-electron chi connectivity index (χ1n) is 3.47.